The highest BCUT2D eigenvalue weighted by atomic mass is 16.5. The summed E-state index contributed by atoms with van der Waals surface area (Å²) in [4.78, 5) is 11.8. The summed E-state index contributed by atoms with van der Waals surface area (Å²) < 4.78 is 5.26. The molecule has 0 aromatic rings. The Morgan fingerprint density at radius 1 is 1.24 bits per heavy atom. The standard InChI is InChI=1S/C13H26N2O2/c1-13(2,17-4)9-12(16)15-11-7-5-10(14-3)6-8-11/h10-11,14H,5-9H2,1-4H3,(H,15,16). The summed E-state index contributed by atoms with van der Waals surface area (Å²) in [5, 5.41) is 6.40. The molecule has 1 aliphatic rings. The molecule has 1 aliphatic carbocycles. The number of methoxy groups -OCH3 is 1. The zero-order valence-corrected chi connectivity index (χ0v) is 11.5. The minimum Gasteiger partial charge on any atom is -0.378 e. The molecular formula is C13H26N2O2. The highest BCUT2D eigenvalue weighted by Gasteiger charge is 2.25. The van der Waals surface area contributed by atoms with Gasteiger partial charge in [-0.05, 0) is 46.6 Å². The lowest BCUT2D eigenvalue weighted by Crippen LogP contribution is -2.43. The van der Waals surface area contributed by atoms with Crippen LogP contribution in [0.1, 0.15) is 46.0 Å². The van der Waals surface area contributed by atoms with Gasteiger partial charge < -0.3 is 15.4 Å². The highest BCUT2D eigenvalue weighted by molar-refractivity contribution is 5.77. The monoisotopic (exact) mass is 242 g/mol. The normalized spacial score (nSPS) is 25.6. The summed E-state index contributed by atoms with van der Waals surface area (Å²) >= 11 is 0. The van der Waals surface area contributed by atoms with Gasteiger partial charge in [0.15, 0.2) is 0 Å². The van der Waals surface area contributed by atoms with Crippen molar-refractivity contribution >= 4 is 5.91 Å². The second-order valence-corrected chi connectivity index (χ2v) is 5.55. The second-order valence-electron chi connectivity index (χ2n) is 5.55. The van der Waals surface area contributed by atoms with E-state index in [0.29, 0.717) is 18.5 Å². The Balaban J connectivity index is 2.28. The van der Waals surface area contributed by atoms with Gasteiger partial charge in [0.2, 0.25) is 5.91 Å². The Kier molecular flexibility index (Phi) is 5.40. The van der Waals surface area contributed by atoms with E-state index in [9.17, 15) is 4.79 Å². The molecule has 4 heteroatoms. The molecule has 0 aromatic carbocycles. The van der Waals surface area contributed by atoms with E-state index in [-0.39, 0.29) is 11.5 Å². The van der Waals surface area contributed by atoms with Gasteiger partial charge in [-0.2, -0.15) is 0 Å². The zero-order valence-electron chi connectivity index (χ0n) is 11.5. The van der Waals surface area contributed by atoms with Gasteiger partial charge in [0.1, 0.15) is 0 Å². The maximum absolute atomic E-state index is 11.8. The van der Waals surface area contributed by atoms with Crippen LogP contribution in [0.15, 0.2) is 0 Å². The number of carbonyl (C=O) groups is 1. The largest absolute Gasteiger partial charge is 0.378 e. The van der Waals surface area contributed by atoms with E-state index in [0.717, 1.165) is 25.7 Å². The van der Waals surface area contributed by atoms with E-state index in [1.807, 2.05) is 20.9 Å². The van der Waals surface area contributed by atoms with E-state index in [4.69, 9.17) is 4.74 Å². The van der Waals surface area contributed by atoms with Crippen LogP contribution in [0.4, 0.5) is 0 Å². The molecule has 1 rings (SSSR count). The minimum atomic E-state index is -0.369. The molecule has 2 N–H and O–H groups in total. The van der Waals surface area contributed by atoms with Crippen LogP contribution in [0.25, 0.3) is 0 Å². The predicted octanol–water partition coefficient (Wildman–Crippen LogP) is 1.45. The van der Waals surface area contributed by atoms with E-state index < -0.39 is 0 Å². The lowest BCUT2D eigenvalue weighted by Gasteiger charge is -2.30. The van der Waals surface area contributed by atoms with Gasteiger partial charge in [0.05, 0.1) is 12.0 Å². The van der Waals surface area contributed by atoms with Crippen LogP contribution in [0.3, 0.4) is 0 Å². The molecule has 4 nitrogen and oxygen atoms in total. The highest BCUT2D eigenvalue weighted by Crippen LogP contribution is 2.19. The molecule has 0 atom stereocenters. The van der Waals surface area contributed by atoms with Crippen LogP contribution in [0, 0.1) is 0 Å². The Bertz CT molecular complexity index is 246. The van der Waals surface area contributed by atoms with Crippen molar-refractivity contribution in [3.63, 3.8) is 0 Å². The summed E-state index contributed by atoms with van der Waals surface area (Å²) in [6.45, 7) is 3.87. The third-order valence-electron chi connectivity index (χ3n) is 3.64. The van der Waals surface area contributed by atoms with Gasteiger partial charge in [-0.3, -0.25) is 4.79 Å². The molecule has 0 aromatic heterocycles. The van der Waals surface area contributed by atoms with Crippen LogP contribution < -0.4 is 10.6 Å². The van der Waals surface area contributed by atoms with Crippen molar-refractivity contribution in [3.05, 3.63) is 0 Å². The summed E-state index contributed by atoms with van der Waals surface area (Å²) in [6.07, 6.45) is 4.87. The molecule has 17 heavy (non-hydrogen) atoms. The van der Waals surface area contributed by atoms with Crippen LogP contribution in [-0.2, 0) is 9.53 Å². The van der Waals surface area contributed by atoms with E-state index in [1.54, 1.807) is 7.11 Å². The van der Waals surface area contributed by atoms with E-state index in [2.05, 4.69) is 10.6 Å². The SMILES string of the molecule is CNC1CCC(NC(=O)CC(C)(C)OC)CC1. The molecule has 1 fully saturated rings. The third-order valence-corrected chi connectivity index (χ3v) is 3.64. The van der Waals surface area contributed by atoms with Crippen molar-refractivity contribution in [1.29, 1.82) is 0 Å². The first-order valence-corrected chi connectivity index (χ1v) is 6.48. The van der Waals surface area contributed by atoms with Gasteiger partial charge in [-0.15, -0.1) is 0 Å². The Labute approximate surface area is 104 Å². The van der Waals surface area contributed by atoms with Gasteiger partial charge in [0, 0.05) is 19.2 Å². The van der Waals surface area contributed by atoms with Crippen molar-refractivity contribution < 1.29 is 9.53 Å². The Morgan fingerprint density at radius 2 is 1.76 bits per heavy atom. The number of amides is 1. The van der Waals surface area contributed by atoms with Crippen molar-refractivity contribution in [1.82, 2.24) is 10.6 Å². The Hall–Kier alpha value is -0.610. The third kappa shape index (κ3) is 5.04. The first-order chi connectivity index (χ1) is 7.96. The van der Waals surface area contributed by atoms with Crippen LogP contribution >= 0.6 is 0 Å². The number of hydrogen-bond donors (Lipinski definition) is 2. The fraction of sp³-hybridized carbons (Fsp3) is 0.923. The summed E-state index contributed by atoms with van der Waals surface area (Å²) in [5.74, 6) is 0.102. The minimum absolute atomic E-state index is 0.102. The van der Waals surface area contributed by atoms with E-state index >= 15 is 0 Å². The van der Waals surface area contributed by atoms with Crippen molar-refractivity contribution in [2.75, 3.05) is 14.2 Å². The lowest BCUT2D eigenvalue weighted by molar-refractivity contribution is -0.127. The number of carbonyl (C=O) groups excluding carboxylic acids is 1. The lowest BCUT2D eigenvalue weighted by atomic mass is 9.91. The summed E-state index contributed by atoms with van der Waals surface area (Å²) in [6, 6.07) is 0.971. The topological polar surface area (TPSA) is 50.4 Å². The van der Waals surface area contributed by atoms with Gasteiger partial charge >= 0.3 is 0 Å². The molecule has 0 heterocycles. The molecule has 0 bridgehead atoms. The molecule has 0 unspecified atom stereocenters. The average molecular weight is 242 g/mol. The Morgan fingerprint density at radius 3 is 2.24 bits per heavy atom. The molecule has 0 saturated heterocycles. The second kappa shape index (κ2) is 6.36. The fourth-order valence-corrected chi connectivity index (χ4v) is 2.26. The first kappa shape index (κ1) is 14.5. The fourth-order valence-electron chi connectivity index (χ4n) is 2.26. The molecule has 0 aliphatic heterocycles. The number of ether oxygens (including phenoxy) is 1. The first-order valence-electron chi connectivity index (χ1n) is 6.48. The number of rotatable bonds is 5. The van der Waals surface area contributed by atoms with Crippen LogP contribution in [0.5, 0.6) is 0 Å². The smallest absolute Gasteiger partial charge is 0.223 e. The zero-order chi connectivity index (χ0) is 12.9. The maximum atomic E-state index is 11.8. The van der Waals surface area contributed by atoms with Gasteiger partial charge in [0.25, 0.3) is 0 Å². The predicted molar refractivity (Wildman–Crippen MR) is 69.0 cm³/mol. The van der Waals surface area contributed by atoms with Crippen LogP contribution in [-0.4, -0.2) is 37.7 Å². The molecular weight excluding hydrogens is 216 g/mol. The summed E-state index contributed by atoms with van der Waals surface area (Å²) in [7, 11) is 3.65. The average Bonchev–Trinajstić information content (AvgIpc) is 2.29. The van der Waals surface area contributed by atoms with Crippen LogP contribution in [0.2, 0.25) is 0 Å². The molecule has 0 radical (unpaired) electrons. The quantitative estimate of drug-likeness (QED) is 0.767. The number of nitrogens with one attached hydrogen (secondary N) is 2. The van der Waals surface area contributed by atoms with Crippen molar-refractivity contribution in [3.8, 4) is 0 Å². The van der Waals surface area contributed by atoms with Gasteiger partial charge in [-0.1, -0.05) is 0 Å². The molecule has 1 amide bonds. The number of hydrogen-bond acceptors (Lipinski definition) is 3. The molecule has 0 spiro atoms. The van der Waals surface area contributed by atoms with Crippen molar-refractivity contribution in [2.45, 2.75) is 63.6 Å². The summed E-state index contributed by atoms with van der Waals surface area (Å²) in [5.41, 5.74) is -0.369. The molecule has 100 valence electrons. The van der Waals surface area contributed by atoms with E-state index in [1.165, 1.54) is 0 Å². The molecule has 1 saturated carbocycles. The van der Waals surface area contributed by atoms with Gasteiger partial charge in [-0.25, -0.2) is 0 Å². The van der Waals surface area contributed by atoms with Crippen molar-refractivity contribution in [2.24, 2.45) is 0 Å². The maximum Gasteiger partial charge on any atom is 0.223 e.